The number of rotatable bonds is 6. The number of nitrogens with zero attached hydrogens (tertiary/aromatic N) is 4. The van der Waals surface area contributed by atoms with Gasteiger partial charge in [0, 0.05) is 30.7 Å². The molecule has 0 bridgehead atoms. The minimum Gasteiger partial charge on any atom is -0.325 e. The van der Waals surface area contributed by atoms with Crippen LogP contribution in [-0.4, -0.2) is 26.5 Å². The van der Waals surface area contributed by atoms with E-state index in [1.807, 2.05) is 18.6 Å². The number of hydrogen-bond donors (Lipinski definition) is 2. The number of nitrogens with one attached hydrogen (secondary N) is 1. The molecule has 0 atom stereocenters. The molecule has 0 saturated carbocycles. The lowest BCUT2D eigenvalue weighted by molar-refractivity contribution is 0.541. The second-order valence-electron chi connectivity index (χ2n) is 3.71. The maximum atomic E-state index is 5.46. The van der Waals surface area contributed by atoms with E-state index in [1.54, 1.807) is 16.0 Å². The molecule has 2 heterocycles. The first-order valence-electron chi connectivity index (χ1n) is 5.48. The van der Waals surface area contributed by atoms with Crippen LogP contribution in [0.15, 0.2) is 11.7 Å². The normalized spacial score (nSPS) is 10.9. The van der Waals surface area contributed by atoms with Crippen LogP contribution >= 0.6 is 11.3 Å². The summed E-state index contributed by atoms with van der Waals surface area (Å²) in [6.07, 6.45) is 1.87. The topological polar surface area (TPSA) is 81.7 Å². The molecule has 6 nitrogen and oxygen atoms in total. The van der Waals surface area contributed by atoms with Gasteiger partial charge in [-0.25, -0.2) is 4.98 Å². The summed E-state index contributed by atoms with van der Waals surface area (Å²) in [4.78, 5) is 5.49. The van der Waals surface area contributed by atoms with E-state index in [9.17, 15) is 0 Å². The van der Waals surface area contributed by atoms with E-state index in [2.05, 4.69) is 20.6 Å². The van der Waals surface area contributed by atoms with Gasteiger partial charge in [-0.15, -0.1) is 16.4 Å². The first-order valence-corrected chi connectivity index (χ1v) is 6.36. The molecule has 2 rings (SSSR count). The molecule has 2 aromatic heterocycles. The average Bonchev–Trinajstić information content (AvgIpc) is 2.94. The van der Waals surface area contributed by atoms with E-state index in [-0.39, 0.29) is 0 Å². The molecule has 0 amide bonds. The van der Waals surface area contributed by atoms with E-state index in [0.29, 0.717) is 6.54 Å². The lowest BCUT2D eigenvalue weighted by Crippen LogP contribution is -2.19. The molecule has 0 fully saturated rings. The minimum atomic E-state index is 0.438. The van der Waals surface area contributed by atoms with Crippen LogP contribution in [0.2, 0.25) is 0 Å². The van der Waals surface area contributed by atoms with E-state index in [1.165, 1.54) is 4.88 Å². The number of aromatic nitrogens is 4. The largest absolute Gasteiger partial charge is 0.325 e. The fraction of sp³-hybridized carbons (Fsp3) is 0.500. The molecule has 0 unspecified atom stereocenters. The van der Waals surface area contributed by atoms with Gasteiger partial charge >= 0.3 is 0 Å². The van der Waals surface area contributed by atoms with Crippen LogP contribution in [0.1, 0.15) is 16.3 Å². The molecule has 0 spiro atoms. The fourth-order valence-electron chi connectivity index (χ4n) is 1.43. The third-order valence-electron chi connectivity index (χ3n) is 2.44. The van der Waals surface area contributed by atoms with Gasteiger partial charge in [0.15, 0.2) is 0 Å². The molecule has 2 aromatic rings. The standard InChI is InChI=1S/C10H16N6S/c1-8-10(17-7-13-8)5-12-2-3-16-6-9(4-11)14-15-16/h6-7,12H,2-5,11H2,1H3. The number of nitrogens with two attached hydrogens (primary N) is 1. The van der Waals surface area contributed by atoms with Crippen LogP contribution in [-0.2, 0) is 19.6 Å². The molecular weight excluding hydrogens is 236 g/mol. The fourth-order valence-corrected chi connectivity index (χ4v) is 2.18. The van der Waals surface area contributed by atoms with Gasteiger partial charge in [-0.2, -0.15) is 0 Å². The highest BCUT2D eigenvalue weighted by Crippen LogP contribution is 2.10. The summed E-state index contributed by atoms with van der Waals surface area (Å²) < 4.78 is 1.80. The zero-order valence-electron chi connectivity index (χ0n) is 9.76. The average molecular weight is 252 g/mol. The van der Waals surface area contributed by atoms with Gasteiger partial charge in [-0.1, -0.05) is 5.21 Å². The molecule has 0 aliphatic carbocycles. The van der Waals surface area contributed by atoms with Crippen LogP contribution in [0.25, 0.3) is 0 Å². The summed E-state index contributed by atoms with van der Waals surface area (Å²) in [5.74, 6) is 0. The highest BCUT2D eigenvalue weighted by atomic mass is 32.1. The Balaban J connectivity index is 1.71. The first-order chi connectivity index (χ1) is 8.29. The Morgan fingerprint density at radius 2 is 2.41 bits per heavy atom. The van der Waals surface area contributed by atoms with Crippen molar-refractivity contribution in [2.45, 2.75) is 26.6 Å². The summed E-state index contributed by atoms with van der Waals surface area (Å²) in [6, 6.07) is 0. The van der Waals surface area contributed by atoms with Crippen LogP contribution in [0.4, 0.5) is 0 Å². The third kappa shape index (κ3) is 3.32. The van der Waals surface area contributed by atoms with Crippen molar-refractivity contribution in [3.05, 3.63) is 28.0 Å². The highest BCUT2D eigenvalue weighted by molar-refractivity contribution is 7.09. The summed E-state index contributed by atoms with van der Waals surface area (Å²) in [5, 5.41) is 11.3. The summed E-state index contributed by atoms with van der Waals surface area (Å²) in [6.45, 7) is 4.97. The zero-order valence-corrected chi connectivity index (χ0v) is 10.6. The second kappa shape index (κ2) is 5.85. The van der Waals surface area contributed by atoms with Gasteiger partial charge in [0.2, 0.25) is 0 Å². The lowest BCUT2D eigenvalue weighted by atomic mass is 10.4. The SMILES string of the molecule is Cc1ncsc1CNCCn1cc(CN)nn1. The molecule has 0 aliphatic rings. The molecule has 0 saturated heterocycles. The molecule has 0 radical (unpaired) electrons. The van der Waals surface area contributed by atoms with Crippen LogP contribution in [0.3, 0.4) is 0 Å². The van der Waals surface area contributed by atoms with Crippen molar-refractivity contribution >= 4 is 11.3 Å². The second-order valence-corrected chi connectivity index (χ2v) is 4.65. The number of aryl methyl sites for hydroxylation is 1. The van der Waals surface area contributed by atoms with Gasteiger partial charge in [0.1, 0.15) is 0 Å². The zero-order chi connectivity index (χ0) is 12.1. The van der Waals surface area contributed by atoms with E-state index in [4.69, 9.17) is 5.73 Å². The molecule has 3 N–H and O–H groups in total. The Bertz CT molecular complexity index is 463. The lowest BCUT2D eigenvalue weighted by Gasteiger charge is -2.03. The predicted molar refractivity (Wildman–Crippen MR) is 66.5 cm³/mol. The number of hydrogen-bond acceptors (Lipinski definition) is 6. The smallest absolute Gasteiger partial charge is 0.0962 e. The van der Waals surface area contributed by atoms with Gasteiger partial charge < -0.3 is 11.1 Å². The van der Waals surface area contributed by atoms with Crippen molar-refractivity contribution in [3.63, 3.8) is 0 Å². The van der Waals surface area contributed by atoms with Gasteiger partial charge in [0.25, 0.3) is 0 Å². The molecule has 0 aromatic carbocycles. The van der Waals surface area contributed by atoms with Crippen molar-refractivity contribution in [1.29, 1.82) is 0 Å². The summed E-state index contributed by atoms with van der Waals surface area (Å²) in [7, 11) is 0. The third-order valence-corrected chi connectivity index (χ3v) is 3.38. The van der Waals surface area contributed by atoms with E-state index >= 15 is 0 Å². The Labute approximate surface area is 104 Å². The Morgan fingerprint density at radius 3 is 3.06 bits per heavy atom. The van der Waals surface area contributed by atoms with Crippen molar-refractivity contribution in [3.8, 4) is 0 Å². The monoisotopic (exact) mass is 252 g/mol. The molecular formula is C10H16N6S. The quantitative estimate of drug-likeness (QED) is 0.722. The van der Waals surface area contributed by atoms with Gasteiger partial charge in [0.05, 0.1) is 23.4 Å². The molecule has 92 valence electrons. The number of thiazole rings is 1. The molecule has 0 aliphatic heterocycles. The highest BCUT2D eigenvalue weighted by Gasteiger charge is 2.01. The summed E-state index contributed by atoms with van der Waals surface area (Å²) in [5.41, 5.74) is 9.26. The van der Waals surface area contributed by atoms with E-state index < -0.39 is 0 Å². The Morgan fingerprint density at radius 1 is 1.53 bits per heavy atom. The van der Waals surface area contributed by atoms with Crippen molar-refractivity contribution in [2.75, 3.05) is 6.54 Å². The van der Waals surface area contributed by atoms with Crippen molar-refractivity contribution in [1.82, 2.24) is 25.3 Å². The van der Waals surface area contributed by atoms with Crippen LogP contribution in [0, 0.1) is 6.92 Å². The van der Waals surface area contributed by atoms with Crippen LogP contribution < -0.4 is 11.1 Å². The maximum absolute atomic E-state index is 5.46. The Kier molecular flexibility index (Phi) is 4.18. The minimum absolute atomic E-state index is 0.438. The van der Waals surface area contributed by atoms with Gasteiger partial charge in [-0.3, -0.25) is 4.68 Å². The van der Waals surface area contributed by atoms with Crippen LogP contribution in [0.5, 0.6) is 0 Å². The first kappa shape index (κ1) is 12.2. The maximum Gasteiger partial charge on any atom is 0.0962 e. The van der Waals surface area contributed by atoms with E-state index in [0.717, 1.165) is 31.0 Å². The molecule has 7 heteroatoms. The molecule has 17 heavy (non-hydrogen) atoms. The Hall–Kier alpha value is -1.31. The van der Waals surface area contributed by atoms with Crippen molar-refractivity contribution in [2.24, 2.45) is 5.73 Å². The predicted octanol–water partition coefficient (Wildman–Crippen LogP) is 0.292. The van der Waals surface area contributed by atoms with Gasteiger partial charge in [-0.05, 0) is 6.92 Å². The van der Waals surface area contributed by atoms with Crippen molar-refractivity contribution < 1.29 is 0 Å². The summed E-state index contributed by atoms with van der Waals surface area (Å²) >= 11 is 1.68.